The molecule has 2 aromatic rings. The normalized spacial score (nSPS) is 12.8. The van der Waals surface area contributed by atoms with Gasteiger partial charge in [-0.05, 0) is 37.3 Å². The Hall–Kier alpha value is -3.51. The molecule has 0 saturated heterocycles. The van der Waals surface area contributed by atoms with Crippen molar-refractivity contribution in [2.24, 2.45) is 0 Å². The second-order valence-corrected chi connectivity index (χ2v) is 8.63. The van der Waals surface area contributed by atoms with Gasteiger partial charge in [-0.15, -0.1) is 11.3 Å². The zero-order valence-corrected chi connectivity index (χ0v) is 19.4. The standard InChI is InChI=1S/C22H25N3O8S/c1-32-22(29)19-14-5-3-2-4-6-17(14)34-20(19)24-18(27)12-33-21(28)15-11-13(25(30)31)7-8-16(15)23-9-10-26/h7-8,11,23,26H,2-6,9-10,12H2,1H3,(H,24,27). The van der Waals surface area contributed by atoms with Crippen molar-refractivity contribution in [3.05, 3.63) is 49.9 Å². The van der Waals surface area contributed by atoms with Crippen LogP contribution in [0.15, 0.2) is 18.2 Å². The lowest BCUT2D eigenvalue weighted by atomic mass is 10.1. The van der Waals surface area contributed by atoms with Crippen LogP contribution >= 0.6 is 11.3 Å². The summed E-state index contributed by atoms with van der Waals surface area (Å²) in [6, 6.07) is 3.57. The largest absolute Gasteiger partial charge is 0.465 e. The number of thiophene rings is 1. The number of aryl methyl sites for hydroxylation is 1. The average molecular weight is 492 g/mol. The summed E-state index contributed by atoms with van der Waals surface area (Å²) in [6.07, 6.45) is 4.53. The summed E-state index contributed by atoms with van der Waals surface area (Å²) in [4.78, 5) is 49.0. The van der Waals surface area contributed by atoms with Crippen LogP contribution in [0.1, 0.15) is 50.4 Å². The van der Waals surface area contributed by atoms with Crippen LogP contribution < -0.4 is 10.6 Å². The maximum atomic E-state index is 12.6. The molecule has 182 valence electrons. The number of rotatable bonds is 9. The van der Waals surface area contributed by atoms with Crippen molar-refractivity contribution < 1.29 is 33.9 Å². The third-order valence-corrected chi connectivity index (χ3v) is 6.47. The molecule has 0 saturated carbocycles. The van der Waals surface area contributed by atoms with Gasteiger partial charge < -0.3 is 25.2 Å². The molecule has 1 heterocycles. The first-order chi connectivity index (χ1) is 16.3. The minimum atomic E-state index is -0.950. The number of nitro benzene ring substituents is 1. The van der Waals surface area contributed by atoms with Gasteiger partial charge in [-0.2, -0.15) is 0 Å². The Bertz CT molecular complexity index is 1100. The summed E-state index contributed by atoms with van der Waals surface area (Å²) in [7, 11) is 1.28. The van der Waals surface area contributed by atoms with E-state index in [2.05, 4.69) is 10.6 Å². The Morgan fingerprint density at radius 2 is 1.94 bits per heavy atom. The zero-order valence-electron chi connectivity index (χ0n) is 18.5. The number of nitro groups is 1. The number of carbonyl (C=O) groups excluding carboxylic acids is 3. The lowest BCUT2D eigenvalue weighted by Crippen LogP contribution is -2.22. The minimum absolute atomic E-state index is 0.109. The van der Waals surface area contributed by atoms with E-state index in [9.17, 15) is 24.5 Å². The fourth-order valence-corrected chi connectivity index (χ4v) is 4.97. The fourth-order valence-electron chi connectivity index (χ4n) is 3.68. The number of nitrogens with one attached hydrogen (secondary N) is 2. The second-order valence-electron chi connectivity index (χ2n) is 7.52. The Morgan fingerprint density at radius 3 is 2.65 bits per heavy atom. The Balaban J connectivity index is 1.73. The summed E-state index contributed by atoms with van der Waals surface area (Å²) >= 11 is 1.31. The van der Waals surface area contributed by atoms with Crippen molar-refractivity contribution >= 4 is 45.6 Å². The second kappa shape index (κ2) is 11.6. The highest BCUT2D eigenvalue weighted by Gasteiger charge is 2.27. The number of non-ortho nitro benzene ring substituents is 1. The number of ether oxygens (including phenoxy) is 2. The minimum Gasteiger partial charge on any atom is -0.465 e. The summed E-state index contributed by atoms with van der Waals surface area (Å²) in [5.41, 5.74) is 0.971. The number of nitrogens with zero attached hydrogens (tertiary/aromatic N) is 1. The van der Waals surface area contributed by atoms with Gasteiger partial charge in [0.2, 0.25) is 0 Å². The molecule has 34 heavy (non-hydrogen) atoms. The van der Waals surface area contributed by atoms with Crippen LogP contribution in [-0.4, -0.2) is 54.7 Å². The number of amides is 1. The molecular weight excluding hydrogens is 466 g/mol. The summed E-state index contributed by atoms with van der Waals surface area (Å²) in [6.45, 7) is -0.775. The first-order valence-electron chi connectivity index (χ1n) is 10.7. The topological polar surface area (TPSA) is 157 Å². The number of fused-ring (bicyclic) bond motifs is 1. The van der Waals surface area contributed by atoms with E-state index in [0.29, 0.717) is 10.6 Å². The van der Waals surface area contributed by atoms with Gasteiger partial charge in [0.1, 0.15) is 5.00 Å². The maximum absolute atomic E-state index is 12.6. The molecule has 0 atom stereocenters. The third-order valence-electron chi connectivity index (χ3n) is 5.26. The Labute approximate surface area is 199 Å². The van der Waals surface area contributed by atoms with Crippen molar-refractivity contribution in [3.63, 3.8) is 0 Å². The van der Waals surface area contributed by atoms with Crippen LogP contribution in [-0.2, 0) is 27.1 Å². The van der Waals surface area contributed by atoms with Gasteiger partial charge in [0.05, 0.1) is 29.8 Å². The smallest absolute Gasteiger partial charge is 0.341 e. The van der Waals surface area contributed by atoms with Crippen molar-refractivity contribution in [1.82, 2.24) is 0 Å². The van der Waals surface area contributed by atoms with Crippen molar-refractivity contribution in [1.29, 1.82) is 0 Å². The first kappa shape index (κ1) is 25.1. The van der Waals surface area contributed by atoms with Crippen LogP contribution in [0.3, 0.4) is 0 Å². The molecule has 0 fully saturated rings. The highest BCUT2D eigenvalue weighted by Crippen LogP contribution is 2.38. The van der Waals surface area contributed by atoms with E-state index in [1.165, 1.54) is 30.6 Å². The van der Waals surface area contributed by atoms with Gasteiger partial charge in [0.15, 0.2) is 6.61 Å². The van der Waals surface area contributed by atoms with E-state index < -0.39 is 29.4 Å². The van der Waals surface area contributed by atoms with E-state index in [1.807, 2.05) is 0 Å². The van der Waals surface area contributed by atoms with Crippen LogP contribution in [0, 0.1) is 10.1 Å². The molecule has 3 N–H and O–H groups in total. The van der Waals surface area contributed by atoms with Gasteiger partial charge in [-0.25, -0.2) is 9.59 Å². The Kier molecular flexibility index (Phi) is 8.55. The number of anilines is 2. The van der Waals surface area contributed by atoms with E-state index in [1.54, 1.807) is 0 Å². The van der Waals surface area contributed by atoms with E-state index in [-0.39, 0.29) is 30.1 Å². The lowest BCUT2D eigenvalue weighted by molar-refractivity contribution is -0.384. The SMILES string of the molecule is COC(=O)c1c(NC(=O)COC(=O)c2cc([N+](=O)[O-])ccc2NCCO)sc2c1CCCCC2. The van der Waals surface area contributed by atoms with Gasteiger partial charge in [-0.1, -0.05) is 6.42 Å². The summed E-state index contributed by atoms with van der Waals surface area (Å²) < 4.78 is 9.99. The number of hydrogen-bond acceptors (Lipinski definition) is 10. The number of aliphatic hydroxyl groups is 1. The maximum Gasteiger partial charge on any atom is 0.341 e. The van der Waals surface area contributed by atoms with Crippen LogP contribution in [0.2, 0.25) is 0 Å². The summed E-state index contributed by atoms with van der Waals surface area (Å²) in [5.74, 6) is -2.15. The van der Waals surface area contributed by atoms with Gasteiger partial charge in [-0.3, -0.25) is 14.9 Å². The molecular formula is C22H25N3O8S. The van der Waals surface area contributed by atoms with E-state index >= 15 is 0 Å². The molecule has 3 rings (SSSR count). The third kappa shape index (κ3) is 5.88. The highest BCUT2D eigenvalue weighted by molar-refractivity contribution is 7.17. The highest BCUT2D eigenvalue weighted by atomic mass is 32.1. The number of carbonyl (C=O) groups is 3. The zero-order chi connectivity index (χ0) is 24.7. The molecule has 0 bridgehead atoms. The number of hydrogen-bond donors (Lipinski definition) is 3. The van der Waals surface area contributed by atoms with E-state index in [0.717, 1.165) is 48.6 Å². The molecule has 0 spiro atoms. The Morgan fingerprint density at radius 1 is 1.18 bits per heavy atom. The van der Waals surface area contributed by atoms with Gasteiger partial charge >= 0.3 is 11.9 Å². The molecule has 0 radical (unpaired) electrons. The predicted octanol–water partition coefficient (Wildman–Crippen LogP) is 2.91. The molecule has 0 unspecified atom stereocenters. The predicted molar refractivity (Wildman–Crippen MR) is 125 cm³/mol. The fraction of sp³-hybridized carbons (Fsp3) is 0.409. The number of esters is 2. The van der Waals surface area contributed by atoms with Crippen LogP contribution in [0.4, 0.5) is 16.4 Å². The van der Waals surface area contributed by atoms with Crippen molar-refractivity contribution in [3.8, 4) is 0 Å². The first-order valence-corrected chi connectivity index (χ1v) is 11.5. The molecule has 11 nitrogen and oxygen atoms in total. The molecule has 1 aromatic carbocycles. The number of methoxy groups -OCH3 is 1. The van der Waals surface area contributed by atoms with Gasteiger partial charge in [0.25, 0.3) is 11.6 Å². The molecule has 1 amide bonds. The number of benzene rings is 1. The number of aliphatic hydroxyl groups excluding tert-OH is 1. The average Bonchev–Trinajstić information content (AvgIpc) is 3.00. The van der Waals surface area contributed by atoms with Crippen LogP contribution in [0.5, 0.6) is 0 Å². The van der Waals surface area contributed by atoms with Crippen molar-refractivity contribution in [2.45, 2.75) is 32.1 Å². The lowest BCUT2D eigenvalue weighted by Gasteiger charge is -2.11. The molecule has 12 heteroatoms. The molecule has 1 aliphatic carbocycles. The molecule has 1 aliphatic rings. The monoisotopic (exact) mass is 491 g/mol. The van der Waals surface area contributed by atoms with Gasteiger partial charge in [0, 0.05) is 29.2 Å². The van der Waals surface area contributed by atoms with E-state index in [4.69, 9.17) is 14.6 Å². The van der Waals surface area contributed by atoms with Crippen LogP contribution in [0.25, 0.3) is 0 Å². The quantitative estimate of drug-likeness (QED) is 0.208. The van der Waals surface area contributed by atoms with Crippen molar-refractivity contribution in [2.75, 3.05) is 37.5 Å². The summed E-state index contributed by atoms with van der Waals surface area (Å²) in [5, 5.41) is 25.8. The molecule has 1 aromatic heterocycles. The molecule has 0 aliphatic heterocycles.